The van der Waals surface area contributed by atoms with Gasteiger partial charge in [0.15, 0.2) is 5.78 Å². The van der Waals surface area contributed by atoms with Crippen LogP contribution in [0.4, 0.5) is 0 Å². The van der Waals surface area contributed by atoms with E-state index in [1.165, 1.54) is 0 Å². The van der Waals surface area contributed by atoms with Crippen LogP contribution in [-0.2, 0) is 9.59 Å². The molecule has 0 aromatic rings. The quantitative estimate of drug-likeness (QED) is 0.706. The van der Waals surface area contributed by atoms with Crippen LogP contribution in [0, 0.1) is 5.92 Å². The number of carbonyl (C=O) groups excluding carboxylic acids is 2. The van der Waals surface area contributed by atoms with Crippen molar-refractivity contribution >= 4 is 11.7 Å². The van der Waals surface area contributed by atoms with Gasteiger partial charge < -0.3 is 9.80 Å². The Balaban J connectivity index is 2.04. The van der Waals surface area contributed by atoms with Gasteiger partial charge in [0.1, 0.15) is 0 Å². The average Bonchev–Trinajstić information content (AvgIpc) is 2.32. The predicted octanol–water partition coefficient (Wildman–Crippen LogP) is 1.30. The molecule has 0 unspecified atom stereocenters. The third-order valence-electron chi connectivity index (χ3n) is 4.41. The van der Waals surface area contributed by atoms with Gasteiger partial charge in [-0.2, -0.15) is 0 Å². The SMILES string of the molecule is CN1CCC(C(=O)N2CC(=O)CCC2(C)C)CC1. The summed E-state index contributed by atoms with van der Waals surface area (Å²) < 4.78 is 0. The molecule has 0 aliphatic carbocycles. The summed E-state index contributed by atoms with van der Waals surface area (Å²) in [5.41, 5.74) is -0.158. The van der Waals surface area contributed by atoms with Gasteiger partial charge >= 0.3 is 0 Å². The number of nitrogens with zero attached hydrogens (tertiary/aromatic N) is 2. The van der Waals surface area contributed by atoms with Crippen molar-refractivity contribution in [2.75, 3.05) is 26.7 Å². The summed E-state index contributed by atoms with van der Waals surface area (Å²) >= 11 is 0. The highest BCUT2D eigenvalue weighted by Gasteiger charge is 2.39. The van der Waals surface area contributed by atoms with Crippen LogP contribution >= 0.6 is 0 Å². The zero-order valence-corrected chi connectivity index (χ0v) is 11.7. The molecule has 4 nitrogen and oxygen atoms in total. The molecule has 2 saturated heterocycles. The number of amides is 1. The molecule has 0 spiro atoms. The van der Waals surface area contributed by atoms with Gasteiger partial charge in [-0.15, -0.1) is 0 Å². The summed E-state index contributed by atoms with van der Waals surface area (Å²) in [5, 5.41) is 0. The van der Waals surface area contributed by atoms with Crippen molar-refractivity contribution in [2.45, 2.75) is 45.1 Å². The molecule has 0 radical (unpaired) electrons. The molecule has 1 amide bonds. The Labute approximate surface area is 109 Å². The lowest BCUT2D eigenvalue weighted by Gasteiger charge is -2.44. The monoisotopic (exact) mass is 252 g/mol. The third-order valence-corrected chi connectivity index (χ3v) is 4.41. The van der Waals surface area contributed by atoms with Crippen molar-refractivity contribution in [3.63, 3.8) is 0 Å². The van der Waals surface area contributed by atoms with Crippen LogP contribution in [0.1, 0.15) is 39.5 Å². The molecule has 2 aliphatic heterocycles. The average molecular weight is 252 g/mol. The number of Topliss-reactive ketones (excluding diaryl/α,β-unsaturated/α-hetero) is 1. The van der Waals surface area contributed by atoms with Crippen molar-refractivity contribution in [2.24, 2.45) is 5.92 Å². The normalized spacial score (nSPS) is 26.4. The highest BCUT2D eigenvalue weighted by molar-refractivity contribution is 5.89. The number of hydrogen-bond acceptors (Lipinski definition) is 3. The maximum absolute atomic E-state index is 12.6. The largest absolute Gasteiger partial charge is 0.330 e. The topological polar surface area (TPSA) is 40.6 Å². The van der Waals surface area contributed by atoms with Crippen LogP contribution in [-0.4, -0.2) is 53.7 Å². The smallest absolute Gasteiger partial charge is 0.226 e. The second-order valence-electron chi connectivity index (χ2n) is 6.35. The van der Waals surface area contributed by atoms with E-state index in [4.69, 9.17) is 0 Å². The Kier molecular flexibility index (Phi) is 3.76. The van der Waals surface area contributed by atoms with E-state index in [2.05, 4.69) is 25.8 Å². The second kappa shape index (κ2) is 5.00. The van der Waals surface area contributed by atoms with Crippen LogP contribution < -0.4 is 0 Å². The lowest BCUT2D eigenvalue weighted by Crippen LogP contribution is -2.56. The fraction of sp³-hybridized carbons (Fsp3) is 0.857. The number of ketones is 1. The van der Waals surface area contributed by atoms with E-state index in [0.717, 1.165) is 32.4 Å². The molecule has 0 atom stereocenters. The molecule has 2 heterocycles. The fourth-order valence-corrected chi connectivity index (χ4v) is 2.90. The number of likely N-dealkylation sites (tertiary alicyclic amines) is 2. The molecule has 0 bridgehead atoms. The van der Waals surface area contributed by atoms with Gasteiger partial charge in [0.25, 0.3) is 0 Å². The van der Waals surface area contributed by atoms with E-state index in [0.29, 0.717) is 13.0 Å². The number of hydrogen-bond donors (Lipinski definition) is 0. The molecule has 102 valence electrons. The summed E-state index contributed by atoms with van der Waals surface area (Å²) in [6, 6.07) is 0. The van der Waals surface area contributed by atoms with Crippen molar-refractivity contribution < 1.29 is 9.59 Å². The lowest BCUT2D eigenvalue weighted by atomic mass is 9.86. The molecule has 18 heavy (non-hydrogen) atoms. The molecule has 2 fully saturated rings. The zero-order valence-electron chi connectivity index (χ0n) is 11.7. The van der Waals surface area contributed by atoms with Crippen molar-refractivity contribution in [3.8, 4) is 0 Å². The predicted molar refractivity (Wildman–Crippen MR) is 70.3 cm³/mol. The molecule has 4 heteroatoms. The Hall–Kier alpha value is -0.900. The van der Waals surface area contributed by atoms with Gasteiger partial charge in [0.05, 0.1) is 6.54 Å². The Morgan fingerprint density at radius 1 is 1.28 bits per heavy atom. The minimum absolute atomic E-state index is 0.117. The van der Waals surface area contributed by atoms with E-state index in [1.54, 1.807) is 0 Å². The van der Waals surface area contributed by atoms with Gasteiger partial charge in [-0.05, 0) is 53.2 Å². The van der Waals surface area contributed by atoms with Crippen LogP contribution in [0.5, 0.6) is 0 Å². The molecule has 0 saturated carbocycles. The van der Waals surface area contributed by atoms with Crippen molar-refractivity contribution in [1.29, 1.82) is 0 Å². The Morgan fingerprint density at radius 3 is 2.50 bits per heavy atom. The van der Waals surface area contributed by atoms with E-state index in [9.17, 15) is 9.59 Å². The molecule has 2 rings (SSSR count). The van der Waals surface area contributed by atoms with E-state index < -0.39 is 0 Å². The summed E-state index contributed by atoms with van der Waals surface area (Å²) in [5.74, 6) is 0.517. The van der Waals surface area contributed by atoms with Gasteiger partial charge in [-0.25, -0.2) is 0 Å². The number of rotatable bonds is 1. The highest BCUT2D eigenvalue weighted by atomic mass is 16.2. The summed E-state index contributed by atoms with van der Waals surface area (Å²) in [4.78, 5) is 28.3. The van der Waals surface area contributed by atoms with Gasteiger partial charge in [-0.1, -0.05) is 0 Å². The molecule has 2 aliphatic rings. The van der Waals surface area contributed by atoms with Crippen LogP contribution in [0.2, 0.25) is 0 Å². The standard InChI is InChI=1S/C14H24N2O2/c1-14(2)7-4-12(17)10-16(14)13(18)11-5-8-15(3)9-6-11/h11H,4-10H2,1-3H3. The minimum Gasteiger partial charge on any atom is -0.330 e. The van der Waals surface area contributed by atoms with Crippen molar-refractivity contribution in [3.05, 3.63) is 0 Å². The van der Waals surface area contributed by atoms with E-state index in [1.807, 2.05) is 4.90 Å². The molecule has 0 aromatic heterocycles. The first-order valence-electron chi connectivity index (χ1n) is 6.92. The lowest BCUT2D eigenvalue weighted by molar-refractivity contribution is -0.149. The number of piperidine rings is 2. The first kappa shape index (κ1) is 13.5. The summed E-state index contributed by atoms with van der Waals surface area (Å²) in [6.07, 6.45) is 3.26. The van der Waals surface area contributed by atoms with Gasteiger partial charge in [0, 0.05) is 17.9 Å². The van der Waals surface area contributed by atoms with Crippen LogP contribution in [0.15, 0.2) is 0 Å². The van der Waals surface area contributed by atoms with Crippen LogP contribution in [0.3, 0.4) is 0 Å². The van der Waals surface area contributed by atoms with Gasteiger partial charge in [0.2, 0.25) is 5.91 Å². The molecular formula is C14H24N2O2. The minimum atomic E-state index is -0.158. The van der Waals surface area contributed by atoms with Gasteiger partial charge in [-0.3, -0.25) is 9.59 Å². The first-order valence-corrected chi connectivity index (χ1v) is 6.92. The second-order valence-corrected chi connectivity index (χ2v) is 6.35. The molecular weight excluding hydrogens is 228 g/mol. The van der Waals surface area contributed by atoms with E-state index >= 15 is 0 Å². The first-order chi connectivity index (χ1) is 8.40. The van der Waals surface area contributed by atoms with Crippen LogP contribution in [0.25, 0.3) is 0 Å². The van der Waals surface area contributed by atoms with E-state index in [-0.39, 0.29) is 23.1 Å². The fourth-order valence-electron chi connectivity index (χ4n) is 2.90. The third kappa shape index (κ3) is 2.74. The molecule has 0 N–H and O–H groups in total. The maximum atomic E-state index is 12.6. The molecule has 0 aromatic carbocycles. The van der Waals surface area contributed by atoms with Crippen molar-refractivity contribution in [1.82, 2.24) is 9.80 Å². The Morgan fingerprint density at radius 2 is 1.89 bits per heavy atom. The zero-order chi connectivity index (χ0) is 13.3. The maximum Gasteiger partial charge on any atom is 0.226 e. The highest BCUT2D eigenvalue weighted by Crippen LogP contribution is 2.29. The Bertz CT molecular complexity index is 344. The summed E-state index contributed by atoms with van der Waals surface area (Å²) in [6.45, 7) is 6.44. The summed E-state index contributed by atoms with van der Waals surface area (Å²) in [7, 11) is 2.09. The number of carbonyl (C=O) groups is 2.